The summed E-state index contributed by atoms with van der Waals surface area (Å²) in [5, 5.41) is 7.06. The number of aryl methyl sites for hydroxylation is 3. The summed E-state index contributed by atoms with van der Waals surface area (Å²) in [7, 11) is 0. The molecule has 1 amide bonds. The number of alkyl halides is 3. The van der Waals surface area contributed by atoms with E-state index in [-0.39, 0.29) is 11.4 Å². The van der Waals surface area contributed by atoms with Crippen molar-refractivity contribution < 1.29 is 22.7 Å². The molecule has 8 heteroatoms. The van der Waals surface area contributed by atoms with Crippen LogP contribution in [0.2, 0.25) is 0 Å². The number of anilines is 1. The molecule has 0 aliphatic carbocycles. The molecule has 1 N–H and O–H groups in total. The highest BCUT2D eigenvalue weighted by atomic mass is 19.4. The van der Waals surface area contributed by atoms with Crippen LogP contribution >= 0.6 is 0 Å². The van der Waals surface area contributed by atoms with Crippen molar-refractivity contribution in [3.05, 3.63) is 76.6 Å². The Bertz CT molecular complexity index is 1060. The minimum Gasteiger partial charge on any atom is -0.482 e. The van der Waals surface area contributed by atoms with Gasteiger partial charge in [0, 0.05) is 11.3 Å². The molecule has 0 radical (unpaired) electrons. The summed E-state index contributed by atoms with van der Waals surface area (Å²) in [6.07, 6.45) is -4.47. The van der Waals surface area contributed by atoms with E-state index in [1.165, 1.54) is 12.1 Å². The van der Waals surface area contributed by atoms with Gasteiger partial charge in [-0.05, 0) is 62.2 Å². The number of halogens is 3. The normalized spacial score (nSPS) is 11.4. The van der Waals surface area contributed by atoms with E-state index >= 15 is 0 Å². The molecular weight excluding hydrogens is 395 g/mol. The molecule has 0 fully saturated rings. The summed E-state index contributed by atoms with van der Waals surface area (Å²) in [5.74, 6) is -0.467. The van der Waals surface area contributed by atoms with Crippen molar-refractivity contribution in [2.75, 3.05) is 11.9 Å². The number of ether oxygens (including phenoxy) is 1. The molecule has 30 heavy (non-hydrogen) atoms. The summed E-state index contributed by atoms with van der Waals surface area (Å²) in [6.45, 7) is 4.67. The Labute approximate surface area is 172 Å². The lowest BCUT2D eigenvalue weighted by atomic mass is 10.1. The van der Waals surface area contributed by atoms with E-state index in [1.54, 1.807) is 31.2 Å². The monoisotopic (exact) mass is 417 g/mol. The van der Waals surface area contributed by atoms with Crippen molar-refractivity contribution in [1.82, 2.24) is 9.78 Å². The largest absolute Gasteiger partial charge is 0.482 e. The average molecular weight is 417 g/mol. The molecule has 5 nitrogen and oxygen atoms in total. The van der Waals surface area contributed by atoms with Crippen molar-refractivity contribution in [3.8, 4) is 5.75 Å². The SMILES string of the molecule is Cc1ccc(NC(=O)c2cccc(Cn3nc(C)cc3C)c2)c(OCC(F)(F)F)c1. The lowest BCUT2D eigenvalue weighted by Crippen LogP contribution is -2.20. The van der Waals surface area contributed by atoms with Gasteiger partial charge in [-0.15, -0.1) is 0 Å². The van der Waals surface area contributed by atoms with Gasteiger partial charge in [-0.1, -0.05) is 18.2 Å². The molecule has 1 aromatic heterocycles. The van der Waals surface area contributed by atoms with Gasteiger partial charge in [0.15, 0.2) is 6.61 Å². The molecule has 0 unspecified atom stereocenters. The smallest absolute Gasteiger partial charge is 0.422 e. The first-order chi connectivity index (χ1) is 14.1. The van der Waals surface area contributed by atoms with E-state index in [2.05, 4.69) is 10.4 Å². The van der Waals surface area contributed by atoms with Crippen LogP contribution in [0.25, 0.3) is 0 Å². The average Bonchev–Trinajstić information content (AvgIpc) is 2.98. The number of rotatable bonds is 6. The minimum absolute atomic E-state index is 0.0283. The van der Waals surface area contributed by atoms with E-state index in [4.69, 9.17) is 4.74 Å². The van der Waals surface area contributed by atoms with Gasteiger partial charge in [0.2, 0.25) is 0 Å². The fraction of sp³-hybridized carbons (Fsp3) is 0.273. The topological polar surface area (TPSA) is 56.2 Å². The highest BCUT2D eigenvalue weighted by Gasteiger charge is 2.29. The van der Waals surface area contributed by atoms with Crippen molar-refractivity contribution in [3.63, 3.8) is 0 Å². The van der Waals surface area contributed by atoms with Crippen molar-refractivity contribution in [2.24, 2.45) is 0 Å². The quantitative estimate of drug-likeness (QED) is 0.611. The summed E-state index contributed by atoms with van der Waals surface area (Å²) in [5.41, 5.74) is 4.08. The van der Waals surface area contributed by atoms with Crippen LogP contribution in [0.3, 0.4) is 0 Å². The van der Waals surface area contributed by atoms with Crippen LogP contribution in [0.4, 0.5) is 18.9 Å². The zero-order valence-electron chi connectivity index (χ0n) is 16.9. The Kier molecular flexibility index (Phi) is 6.14. The number of carbonyl (C=O) groups is 1. The van der Waals surface area contributed by atoms with Crippen LogP contribution in [0.5, 0.6) is 5.75 Å². The summed E-state index contributed by atoms with van der Waals surface area (Å²) in [6, 6.07) is 13.7. The van der Waals surface area contributed by atoms with Gasteiger partial charge in [0.05, 0.1) is 17.9 Å². The van der Waals surface area contributed by atoms with Gasteiger partial charge >= 0.3 is 6.18 Å². The van der Waals surface area contributed by atoms with E-state index < -0.39 is 18.7 Å². The maximum Gasteiger partial charge on any atom is 0.422 e. The fourth-order valence-electron chi connectivity index (χ4n) is 3.03. The highest BCUT2D eigenvalue weighted by molar-refractivity contribution is 6.05. The highest BCUT2D eigenvalue weighted by Crippen LogP contribution is 2.28. The number of hydrogen-bond donors (Lipinski definition) is 1. The van der Waals surface area contributed by atoms with Crippen LogP contribution in [-0.4, -0.2) is 28.5 Å². The number of nitrogens with zero attached hydrogens (tertiary/aromatic N) is 2. The predicted octanol–water partition coefficient (Wildman–Crippen LogP) is 5.05. The number of hydrogen-bond acceptors (Lipinski definition) is 3. The van der Waals surface area contributed by atoms with E-state index in [0.717, 1.165) is 22.5 Å². The molecule has 0 saturated carbocycles. The first-order valence-electron chi connectivity index (χ1n) is 9.32. The van der Waals surface area contributed by atoms with Crippen LogP contribution in [-0.2, 0) is 6.54 Å². The number of nitrogens with one attached hydrogen (secondary N) is 1. The van der Waals surface area contributed by atoms with Gasteiger partial charge in [0.1, 0.15) is 5.75 Å². The standard InChI is InChI=1S/C22H22F3N3O2/c1-14-7-8-19(20(9-14)30-13-22(23,24)25)26-21(29)18-6-4-5-17(11-18)12-28-16(3)10-15(2)27-28/h4-11H,12-13H2,1-3H3,(H,26,29). The summed E-state index contributed by atoms with van der Waals surface area (Å²) in [4.78, 5) is 12.7. The first-order valence-corrected chi connectivity index (χ1v) is 9.32. The third-order valence-corrected chi connectivity index (χ3v) is 4.40. The fourth-order valence-corrected chi connectivity index (χ4v) is 3.03. The number of aromatic nitrogens is 2. The maximum atomic E-state index is 12.7. The second-order valence-electron chi connectivity index (χ2n) is 7.14. The van der Waals surface area contributed by atoms with Gasteiger partial charge in [0.25, 0.3) is 5.91 Å². The Morgan fingerprint density at radius 1 is 1.10 bits per heavy atom. The van der Waals surface area contributed by atoms with Crippen LogP contribution < -0.4 is 10.1 Å². The maximum absolute atomic E-state index is 12.7. The van der Waals surface area contributed by atoms with Crippen molar-refractivity contribution >= 4 is 11.6 Å². The molecule has 0 spiro atoms. The first kappa shape index (κ1) is 21.4. The molecule has 0 saturated heterocycles. The van der Waals surface area contributed by atoms with Crippen LogP contribution in [0.1, 0.15) is 32.9 Å². The van der Waals surface area contributed by atoms with E-state index in [9.17, 15) is 18.0 Å². The molecule has 3 rings (SSSR count). The molecule has 0 aliphatic heterocycles. The molecule has 158 valence electrons. The van der Waals surface area contributed by atoms with Gasteiger partial charge in [-0.25, -0.2) is 0 Å². The number of benzene rings is 2. The Morgan fingerprint density at radius 3 is 2.53 bits per heavy atom. The number of carbonyl (C=O) groups excluding carboxylic acids is 1. The van der Waals surface area contributed by atoms with E-state index in [0.29, 0.717) is 12.1 Å². The van der Waals surface area contributed by atoms with Crippen LogP contribution in [0.15, 0.2) is 48.5 Å². The second-order valence-corrected chi connectivity index (χ2v) is 7.14. The molecule has 2 aromatic carbocycles. The van der Waals surface area contributed by atoms with Gasteiger partial charge in [-0.3, -0.25) is 9.48 Å². The van der Waals surface area contributed by atoms with Crippen molar-refractivity contribution in [2.45, 2.75) is 33.5 Å². The molecule has 0 aliphatic rings. The molecule has 0 bridgehead atoms. The van der Waals surface area contributed by atoms with Crippen molar-refractivity contribution in [1.29, 1.82) is 0 Å². The third kappa shape index (κ3) is 5.62. The molecule has 0 atom stereocenters. The molecule has 1 heterocycles. The lowest BCUT2D eigenvalue weighted by molar-refractivity contribution is -0.153. The number of amides is 1. The predicted molar refractivity (Wildman–Crippen MR) is 108 cm³/mol. The molecular formula is C22H22F3N3O2. The van der Waals surface area contributed by atoms with E-state index in [1.807, 2.05) is 30.7 Å². The Morgan fingerprint density at radius 2 is 1.87 bits per heavy atom. The summed E-state index contributed by atoms with van der Waals surface area (Å²) >= 11 is 0. The second kappa shape index (κ2) is 8.61. The Balaban J connectivity index is 1.77. The third-order valence-electron chi connectivity index (χ3n) is 4.40. The van der Waals surface area contributed by atoms with Gasteiger partial charge in [-0.2, -0.15) is 18.3 Å². The van der Waals surface area contributed by atoms with Gasteiger partial charge < -0.3 is 10.1 Å². The minimum atomic E-state index is -4.47. The summed E-state index contributed by atoms with van der Waals surface area (Å²) < 4.78 is 44.3. The molecule has 3 aromatic rings. The lowest BCUT2D eigenvalue weighted by Gasteiger charge is -2.15. The van der Waals surface area contributed by atoms with Crippen LogP contribution in [0, 0.1) is 20.8 Å². The zero-order chi connectivity index (χ0) is 21.9. The zero-order valence-corrected chi connectivity index (χ0v) is 16.9. The Hall–Kier alpha value is -3.29.